The Morgan fingerprint density at radius 2 is 1.80 bits per heavy atom. The number of para-hydroxylation sites is 1. The molecule has 2 aliphatic rings. The van der Waals surface area contributed by atoms with Gasteiger partial charge in [-0.1, -0.05) is 60.3 Å². The van der Waals surface area contributed by atoms with Gasteiger partial charge in [0.05, 0.1) is 5.54 Å². The lowest BCUT2D eigenvalue weighted by molar-refractivity contribution is 0.306. The van der Waals surface area contributed by atoms with Crippen LogP contribution in [0.4, 0.5) is 0 Å². The summed E-state index contributed by atoms with van der Waals surface area (Å²) in [5.74, 6) is 0.238. The summed E-state index contributed by atoms with van der Waals surface area (Å²) in [6.45, 7) is 0.913. The van der Waals surface area contributed by atoms with E-state index in [9.17, 15) is 0 Å². The second-order valence-corrected chi connectivity index (χ2v) is 8.19. The molecular weight excluding hydrogens is 351 g/mol. The van der Waals surface area contributed by atoms with Crippen LogP contribution in [0.1, 0.15) is 48.4 Å². The molecule has 0 radical (unpaired) electrons. The van der Waals surface area contributed by atoms with E-state index in [-0.39, 0.29) is 11.5 Å². The van der Waals surface area contributed by atoms with Gasteiger partial charge in [0.25, 0.3) is 0 Å². The van der Waals surface area contributed by atoms with Crippen LogP contribution in [0.2, 0.25) is 10.0 Å². The minimum atomic E-state index is 0.101. The monoisotopic (exact) mass is 370 g/mol. The SMILES string of the molecule is Clc1ccc([C@@H]2CNC3(CCCC3)c3[nH]c4ccccc4c32)c(Cl)c1. The number of aromatic nitrogens is 1. The molecule has 3 aromatic rings. The van der Waals surface area contributed by atoms with Crippen LogP contribution in [0.5, 0.6) is 0 Å². The zero-order chi connectivity index (χ0) is 17.0. The average Bonchev–Trinajstić information content (AvgIpc) is 3.22. The maximum atomic E-state index is 6.58. The van der Waals surface area contributed by atoms with Crippen molar-refractivity contribution in [1.29, 1.82) is 0 Å². The first kappa shape index (κ1) is 15.7. The van der Waals surface area contributed by atoms with Gasteiger partial charge in [0.2, 0.25) is 0 Å². The van der Waals surface area contributed by atoms with E-state index in [2.05, 4.69) is 40.6 Å². The third-order valence-electron chi connectivity index (χ3n) is 6.01. The van der Waals surface area contributed by atoms with Gasteiger partial charge in [-0.15, -0.1) is 0 Å². The molecule has 2 heterocycles. The molecule has 1 saturated carbocycles. The van der Waals surface area contributed by atoms with Crippen LogP contribution in [0.3, 0.4) is 0 Å². The van der Waals surface area contributed by atoms with Crippen LogP contribution < -0.4 is 5.32 Å². The molecule has 1 aliphatic heterocycles. The van der Waals surface area contributed by atoms with E-state index in [0.717, 1.165) is 17.1 Å². The lowest BCUT2D eigenvalue weighted by Crippen LogP contribution is -2.47. The molecule has 1 aromatic heterocycles. The van der Waals surface area contributed by atoms with E-state index in [1.54, 1.807) is 0 Å². The highest BCUT2D eigenvalue weighted by molar-refractivity contribution is 6.35. The first-order valence-electron chi connectivity index (χ1n) is 8.99. The zero-order valence-electron chi connectivity index (χ0n) is 13.9. The number of hydrogen-bond acceptors (Lipinski definition) is 1. The normalized spacial score (nSPS) is 21.8. The predicted octanol–water partition coefficient (Wildman–Crippen LogP) is 5.98. The largest absolute Gasteiger partial charge is 0.357 e. The highest BCUT2D eigenvalue weighted by Crippen LogP contribution is 2.49. The number of fused-ring (bicyclic) bond motifs is 4. The molecule has 1 spiro atoms. The average molecular weight is 371 g/mol. The van der Waals surface area contributed by atoms with Gasteiger partial charge in [0.15, 0.2) is 0 Å². The van der Waals surface area contributed by atoms with E-state index in [1.165, 1.54) is 47.8 Å². The van der Waals surface area contributed by atoms with Crippen LogP contribution >= 0.6 is 23.2 Å². The van der Waals surface area contributed by atoms with E-state index in [1.807, 2.05) is 12.1 Å². The van der Waals surface area contributed by atoms with Crippen LogP contribution in [0.15, 0.2) is 42.5 Å². The Bertz CT molecular complexity index is 954. The van der Waals surface area contributed by atoms with Crippen molar-refractivity contribution in [3.8, 4) is 0 Å². The molecule has 2 N–H and O–H groups in total. The molecule has 0 bridgehead atoms. The number of benzene rings is 2. The Morgan fingerprint density at radius 3 is 2.60 bits per heavy atom. The fourth-order valence-electron chi connectivity index (χ4n) is 4.85. The minimum Gasteiger partial charge on any atom is -0.357 e. The highest BCUT2D eigenvalue weighted by Gasteiger charge is 2.44. The van der Waals surface area contributed by atoms with Crippen molar-refractivity contribution < 1.29 is 0 Å². The molecule has 128 valence electrons. The summed E-state index contributed by atoms with van der Waals surface area (Å²) in [5, 5.41) is 6.63. The summed E-state index contributed by atoms with van der Waals surface area (Å²) in [5.41, 5.74) is 5.26. The van der Waals surface area contributed by atoms with Crippen molar-refractivity contribution >= 4 is 34.1 Å². The third-order valence-corrected chi connectivity index (χ3v) is 6.58. The van der Waals surface area contributed by atoms with Crippen molar-refractivity contribution in [1.82, 2.24) is 10.3 Å². The molecule has 0 amide bonds. The second kappa shape index (κ2) is 5.77. The predicted molar refractivity (Wildman–Crippen MR) is 105 cm³/mol. The third kappa shape index (κ3) is 2.35. The summed E-state index contributed by atoms with van der Waals surface area (Å²) in [6, 6.07) is 14.5. The van der Waals surface area contributed by atoms with Crippen molar-refractivity contribution in [2.24, 2.45) is 0 Å². The Balaban J connectivity index is 1.75. The molecule has 0 unspecified atom stereocenters. The number of nitrogens with one attached hydrogen (secondary N) is 2. The van der Waals surface area contributed by atoms with E-state index < -0.39 is 0 Å². The van der Waals surface area contributed by atoms with Crippen molar-refractivity contribution in [3.63, 3.8) is 0 Å². The number of hydrogen-bond donors (Lipinski definition) is 2. The second-order valence-electron chi connectivity index (χ2n) is 7.35. The van der Waals surface area contributed by atoms with E-state index in [4.69, 9.17) is 23.2 Å². The number of H-pyrrole nitrogens is 1. The minimum absolute atomic E-state index is 0.101. The molecule has 4 heteroatoms. The van der Waals surface area contributed by atoms with Gasteiger partial charge in [-0.2, -0.15) is 0 Å². The quantitative estimate of drug-likeness (QED) is 0.541. The van der Waals surface area contributed by atoms with Crippen molar-refractivity contribution in [2.45, 2.75) is 37.1 Å². The maximum Gasteiger partial charge on any atom is 0.0590 e. The van der Waals surface area contributed by atoms with E-state index >= 15 is 0 Å². The lowest BCUT2D eigenvalue weighted by atomic mass is 9.78. The number of halogens is 2. The van der Waals surface area contributed by atoms with Gasteiger partial charge >= 0.3 is 0 Å². The standard InChI is InChI=1S/C21H20Cl2N2/c22-13-7-8-14(17(23)11-13)16-12-24-21(9-3-4-10-21)20-19(16)15-5-1-2-6-18(15)25-20/h1-2,5-8,11,16,24-25H,3-4,9-10,12H2/t16-/m0/s1. The van der Waals surface area contributed by atoms with Crippen molar-refractivity contribution in [3.05, 3.63) is 69.3 Å². The van der Waals surface area contributed by atoms with Gasteiger partial charge in [-0.3, -0.25) is 0 Å². The summed E-state index contributed by atoms with van der Waals surface area (Å²) in [4.78, 5) is 3.75. The molecule has 5 rings (SSSR count). The van der Waals surface area contributed by atoms with Crippen LogP contribution in [0.25, 0.3) is 10.9 Å². The molecule has 1 atom stereocenters. The van der Waals surface area contributed by atoms with Gasteiger partial charge in [-0.25, -0.2) is 0 Å². The van der Waals surface area contributed by atoms with Crippen LogP contribution in [0, 0.1) is 0 Å². The molecule has 2 aromatic carbocycles. The zero-order valence-corrected chi connectivity index (χ0v) is 15.4. The highest BCUT2D eigenvalue weighted by atomic mass is 35.5. The first-order valence-corrected chi connectivity index (χ1v) is 9.75. The summed E-state index contributed by atoms with van der Waals surface area (Å²) < 4.78 is 0. The Labute approximate surface area is 157 Å². The van der Waals surface area contributed by atoms with Crippen LogP contribution in [-0.4, -0.2) is 11.5 Å². The fourth-order valence-corrected chi connectivity index (χ4v) is 5.39. The Hall–Kier alpha value is -1.48. The fraction of sp³-hybridized carbons (Fsp3) is 0.333. The molecular formula is C21H20Cl2N2. The summed E-state index contributed by atoms with van der Waals surface area (Å²) in [7, 11) is 0. The lowest BCUT2D eigenvalue weighted by Gasteiger charge is -2.39. The van der Waals surface area contributed by atoms with Crippen LogP contribution in [-0.2, 0) is 5.54 Å². The topological polar surface area (TPSA) is 27.8 Å². The molecule has 25 heavy (non-hydrogen) atoms. The molecule has 2 nitrogen and oxygen atoms in total. The smallest absolute Gasteiger partial charge is 0.0590 e. The number of rotatable bonds is 1. The molecule has 0 saturated heterocycles. The van der Waals surface area contributed by atoms with Gasteiger partial charge in [0, 0.05) is 39.1 Å². The molecule has 1 fully saturated rings. The number of aromatic amines is 1. The van der Waals surface area contributed by atoms with Gasteiger partial charge < -0.3 is 10.3 Å². The molecule has 1 aliphatic carbocycles. The first-order chi connectivity index (χ1) is 12.2. The van der Waals surface area contributed by atoms with Gasteiger partial charge in [-0.05, 0) is 42.2 Å². The summed E-state index contributed by atoms with van der Waals surface area (Å²) in [6.07, 6.45) is 4.98. The Kier molecular flexibility index (Phi) is 3.63. The van der Waals surface area contributed by atoms with Gasteiger partial charge in [0.1, 0.15) is 0 Å². The van der Waals surface area contributed by atoms with E-state index in [0.29, 0.717) is 5.02 Å². The van der Waals surface area contributed by atoms with Crippen molar-refractivity contribution in [2.75, 3.05) is 6.54 Å². The maximum absolute atomic E-state index is 6.58. The summed E-state index contributed by atoms with van der Waals surface area (Å²) >= 11 is 12.7. The Morgan fingerprint density at radius 1 is 1.00 bits per heavy atom.